The van der Waals surface area contributed by atoms with E-state index in [0.717, 1.165) is 5.69 Å². The van der Waals surface area contributed by atoms with Crippen LogP contribution in [0.1, 0.15) is 38.8 Å². The van der Waals surface area contributed by atoms with E-state index in [1.807, 2.05) is 20.8 Å². The molecule has 2 N–H and O–H groups in total. The Balaban J connectivity index is 2.16. The van der Waals surface area contributed by atoms with E-state index in [1.165, 1.54) is 0 Å². The number of imidazole rings is 1. The fourth-order valence-corrected chi connectivity index (χ4v) is 2.22. The summed E-state index contributed by atoms with van der Waals surface area (Å²) in [5, 5.41) is 9.63. The highest BCUT2D eigenvalue weighted by molar-refractivity contribution is 5.87. The van der Waals surface area contributed by atoms with Gasteiger partial charge >= 0.3 is 0 Å². The van der Waals surface area contributed by atoms with Crippen molar-refractivity contribution in [2.45, 2.75) is 45.5 Å². The van der Waals surface area contributed by atoms with Crippen LogP contribution in [0.2, 0.25) is 0 Å². The molecule has 94 valence electrons. The topological polar surface area (TPSA) is 75.2 Å². The standard InChI is InChI=1S/C12H18N2O3/c1-7(8-5-13-6-14-8)9-4-12(2,3)10(15)11(16)17-9/h5-7,9,11,16H,4H2,1-3H3,(H,13,14)/t7-,9?,11-/m0/s1. The summed E-state index contributed by atoms with van der Waals surface area (Å²) in [6.45, 7) is 5.68. The number of nitrogens with zero attached hydrogens (tertiary/aromatic N) is 1. The smallest absolute Gasteiger partial charge is 0.216 e. The first-order chi connectivity index (χ1) is 7.92. The van der Waals surface area contributed by atoms with Crippen LogP contribution in [0.25, 0.3) is 0 Å². The first-order valence-electron chi connectivity index (χ1n) is 5.78. The van der Waals surface area contributed by atoms with Crippen molar-refractivity contribution in [1.82, 2.24) is 9.97 Å². The minimum atomic E-state index is -1.31. The number of ketones is 1. The van der Waals surface area contributed by atoms with Crippen molar-refractivity contribution in [2.24, 2.45) is 5.41 Å². The third-order valence-electron chi connectivity index (χ3n) is 3.47. The van der Waals surface area contributed by atoms with Crippen molar-refractivity contribution in [3.05, 3.63) is 18.2 Å². The van der Waals surface area contributed by atoms with Gasteiger partial charge in [0.15, 0.2) is 5.78 Å². The Morgan fingerprint density at radius 1 is 1.65 bits per heavy atom. The fraction of sp³-hybridized carbons (Fsp3) is 0.667. The summed E-state index contributed by atoms with van der Waals surface area (Å²) in [6, 6.07) is 0. The number of hydrogen-bond acceptors (Lipinski definition) is 4. The SMILES string of the molecule is C[C@@H](c1cnc[nH]1)C1CC(C)(C)C(=O)[C@@H](O)O1. The number of Topliss-reactive ketones (excluding diaryl/α,β-unsaturated/α-hetero) is 1. The summed E-state index contributed by atoms with van der Waals surface area (Å²) in [7, 11) is 0. The molecule has 5 nitrogen and oxygen atoms in total. The van der Waals surface area contributed by atoms with Gasteiger partial charge in [-0.05, 0) is 6.42 Å². The number of hydrogen-bond donors (Lipinski definition) is 2. The molecule has 1 aromatic heterocycles. The van der Waals surface area contributed by atoms with E-state index in [-0.39, 0.29) is 17.8 Å². The Bertz CT molecular complexity index is 400. The molecule has 0 amide bonds. The number of aliphatic hydroxyl groups is 1. The molecular weight excluding hydrogens is 220 g/mol. The number of aromatic amines is 1. The van der Waals surface area contributed by atoms with Gasteiger partial charge in [-0.3, -0.25) is 4.79 Å². The molecule has 1 unspecified atom stereocenters. The average Bonchev–Trinajstić information content (AvgIpc) is 2.77. The van der Waals surface area contributed by atoms with Gasteiger partial charge in [0, 0.05) is 23.2 Å². The molecule has 1 aliphatic heterocycles. The lowest BCUT2D eigenvalue weighted by Gasteiger charge is -2.38. The van der Waals surface area contributed by atoms with Crippen LogP contribution in [0.5, 0.6) is 0 Å². The Morgan fingerprint density at radius 2 is 2.35 bits per heavy atom. The number of carbonyl (C=O) groups is 1. The molecule has 1 aromatic rings. The lowest BCUT2D eigenvalue weighted by molar-refractivity contribution is -0.198. The number of aliphatic hydroxyl groups excluding tert-OH is 1. The van der Waals surface area contributed by atoms with Crippen LogP contribution in [-0.4, -0.2) is 33.3 Å². The summed E-state index contributed by atoms with van der Waals surface area (Å²) in [5.74, 6) is -0.176. The van der Waals surface area contributed by atoms with Gasteiger partial charge in [0.2, 0.25) is 6.29 Å². The molecule has 0 aromatic carbocycles. The van der Waals surface area contributed by atoms with Gasteiger partial charge < -0.3 is 14.8 Å². The van der Waals surface area contributed by atoms with Crippen LogP contribution in [0.4, 0.5) is 0 Å². The van der Waals surface area contributed by atoms with Crippen LogP contribution in [0, 0.1) is 5.41 Å². The first-order valence-corrected chi connectivity index (χ1v) is 5.78. The van der Waals surface area contributed by atoms with Gasteiger partial charge in [-0.25, -0.2) is 4.98 Å². The minimum absolute atomic E-state index is 0.0690. The minimum Gasteiger partial charge on any atom is -0.362 e. The number of ether oxygens (including phenoxy) is 1. The van der Waals surface area contributed by atoms with Gasteiger partial charge in [0.1, 0.15) is 0 Å². The van der Waals surface area contributed by atoms with Crippen LogP contribution in [-0.2, 0) is 9.53 Å². The molecule has 0 radical (unpaired) electrons. The molecular formula is C12H18N2O3. The molecule has 0 aliphatic carbocycles. The number of carbonyl (C=O) groups excluding carboxylic acids is 1. The lowest BCUT2D eigenvalue weighted by Crippen LogP contribution is -2.47. The van der Waals surface area contributed by atoms with Crippen LogP contribution in [0.3, 0.4) is 0 Å². The van der Waals surface area contributed by atoms with E-state index < -0.39 is 11.7 Å². The summed E-state index contributed by atoms with van der Waals surface area (Å²) in [5.41, 5.74) is 0.406. The van der Waals surface area contributed by atoms with E-state index in [2.05, 4.69) is 9.97 Å². The second kappa shape index (κ2) is 4.23. The Kier molecular flexibility index (Phi) is 3.05. The van der Waals surface area contributed by atoms with Crippen molar-refractivity contribution >= 4 is 5.78 Å². The van der Waals surface area contributed by atoms with Crippen molar-refractivity contribution in [2.75, 3.05) is 0 Å². The summed E-state index contributed by atoms with van der Waals surface area (Å²) in [6.07, 6.45) is 2.46. The van der Waals surface area contributed by atoms with E-state index in [1.54, 1.807) is 12.5 Å². The van der Waals surface area contributed by atoms with Crippen molar-refractivity contribution in [1.29, 1.82) is 0 Å². The number of aromatic nitrogens is 2. The first kappa shape index (κ1) is 12.3. The molecule has 0 saturated carbocycles. The van der Waals surface area contributed by atoms with Gasteiger partial charge in [0.05, 0.1) is 12.4 Å². The van der Waals surface area contributed by atoms with Gasteiger partial charge in [-0.1, -0.05) is 20.8 Å². The summed E-state index contributed by atoms with van der Waals surface area (Å²) < 4.78 is 5.38. The zero-order valence-electron chi connectivity index (χ0n) is 10.3. The average molecular weight is 238 g/mol. The molecule has 17 heavy (non-hydrogen) atoms. The largest absolute Gasteiger partial charge is 0.362 e. The fourth-order valence-electron chi connectivity index (χ4n) is 2.22. The highest BCUT2D eigenvalue weighted by Gasteiger charge is 2.43. The molecule has 0 spiro atoms. The zero-order chi connectivity index (χ0) is 12.6. The highest BCUT2D eigenvalue weighted by atomic mass is 16.6. The highest BCUT2D eigenvalue weighted by Crippen LogP contribution is 2.37. The van der Waals surface area contributed by atoms with E-state index in [4.69, 9.17) is 4.74 Å². The Labute approximate surface area is 100 Å². The van der Waals surface area contributed by atoms with E-state index >= 15 is 0 Å². The van der Waals surface area contributed by atoms with E-state index in [9.17, 15) is 9.90 Å². The van der Waals surface area contributed by atoms with Gasteiger partial charge in [-0.2, -0.15) is 0 Å². The second-order valence-corrected chi connectivity index (χ2v) is 5.27. The maximum Gasteiger partial charge on any atom is 0.216 e. The molecule has 1 aliphatic rings. The zero-order valence-corrected chi connectivity index (χ0v) is 10.3. The molecule has 5 heteroatoms. The summed E-state index contributed by atoms with van der Waals surface area (Å²) in [4.78, 5) is 18.7. The molecule has 0 bridgehead atoms. The quantitative estimate of drug-likeness (QED) is 0.812. The number of nitrogens with one attached hydrogen (secondary N) is 1. The third kappa shape index (κ3) is 2.25. The molecule has 3 atom stereocenters. The predicted octanol–water partition coefficient (Wildman–Crippen LogP) is 1.22. The van der Waals surface area contributed by atoms with Crippen LogP contribution < -0.4 is 0 Å². The Morgan fingerprint density at radius 3 is 2.88 bits per heavy atom. The Hall–Kier alpha value is -1.20. The molecule has 1 fully saturated rings. The van der Waals surface area contributed by atoms with Crippen molar-refractivity contribution in [3.8, 4) is 0 Å². The molecule has 2 rings (SSSR count). The summed E-state index contributed by atoms with van der Waals surface area (Å²) >= 11 is 0. The van der Waals surface area contributed by atoms with E-state index in [0.29, 0.717) is 6.42 Å². The number of H-pyrrole nitrogens is 1. The van der Waals surface area contributed by atoms with Crippen molar-refractivity contribution < 1.29 is 14.6 Å². The monoisotopic (exact) mass is 238 g/mol. The van der Waals surface area contributed by atoms with Crippen LogP contribution in [0.15, 0.2) is 12.5 Å². The van der Waals surface area contributed by atoms with Crippen LogP contribution >= 0.6 is 0 Å². The maximum absolute atomic E-state index is 11.7. The number of rotatable bonds is 2. The van der Waals surface area contributed by atoms with Gasteiger partial charge in [0.25, 0.3) is 0 Å². The van der Waals surface area contributed by atoms with Gasteiger partial charge in [-0.15, -0.1) is 0 Å². The lowest BCUT2D eigenvalue weighted by atomic mass is 9.77. The van der Waals surface area contributed by atoms with Crippen molar-refractivity contribution in [3.63, 3.8) is 0 Å². The normalized spacial score (nSPS) is 30.2. The predicted molar refractivity (Wildman–Crippen MR) is 61.3 cm³/mol. The maximum atomic E-state index is 11.7. The molecule has 2 heterocycles. The second-order valence-electron chi connectivity index (χ2n) is 5.27. The molecule has 1 saturated heterocycles. The third-order valence-corrected chi connectivity index (χ3v) is 3.47.